The minimum atomic E-state index is -1.30. The standard InChI is InChI=1S/C13H7F4NO/c14-9-5-4-7(6-11(9)16)18-13(19)8-2-1-3-10(15)12(8)17/h1-6H,(H,18,19). The smallest absolute Gasteiger partial charge is 0.258 e. The van der Waals surface area contributed by atoms with Gasteiger partial charge in [-0.2, -0.15) is 0 Å². The van der Waals surface area contributed by atoms with Crippen LogP contribution in [0.1, 0.15) is 10.4 Å². The van der Waals surface area contributed by atoms with Gasteiger partial charge in [0.15, 0.2) is 23.3 Å². The number of benzene rings is 2. The van der Waals surface area contributed by atoms with Gasteiger partial charge in [-0.1, -0.05) is 6.07 Å². The molecule has 2 aromatic rings. The zero-order valence-electron chi connectivity index (χ0n) is 9.38. The van der Waals surface area contributed by atoms with Crippen molar-refractivity contribution in [2.24, 2.45) is 0 Å². The minimum absolute atomic E-state index is 0.0624. The van der Waals surface area contributed by atoms with Gasteiger partial charge in [-0.15, -0.1) is 0 Å². The van der Waals surface area contributed by atoms with Crippen LogP contribution < -0.4 is 5.32 Å². The number of hydrogen-bond donors (Lipinski definition) is 1. The van der Waals surface area contributed by atoms with Gasteiger partial charge < -0.3 is 5.32 Å². The van der Waals surface area contributed by atoms with Gasteiger partial charge in [-0.05, 0) is 24.3 Å². The molecule has 0 radical (unpaired) electrons. The molecule has 98 valence electrons. The second kappa shape index (κ2) is 5.09. The van der Waals surface area contributed by atoms with Crippen LogP contribution in [-0.2, 0) is 0 Å². The molecule has 0 spiro atoms. The Morgan fingerprint density at radius 2 is 1.63 bits per heavy atom. The predicted octanol–water partition coefficient (Wildman–Crippen LogP) is 3.50. The molecule has 0 saturated heterocycles. The molecule has 1 N–H and O–H groups in total. The molecule has 1 amide bonds. The van der Waals surface area contributed by atoms with Crippen LogP contribution in [0.15, 0.2) is 36.4 Å². The van der Waals surface area contributed by atoms with Crippen molar-refractivity contribution < 1.29 is 22.4 Å². The van der Waals surface area contributed by atoms with Crippen molar-refractivity contribution in [3.05, 3.63) is 65.2 Å². The van der Waals surface area contributed by atoms with Crippen LogP contribution in [0.3, 0.4) is 0 Å². The van der Waals surface area contributed by atoms with E-state index in [1.54, 1.807) is 0 Å². The lowest BCUT2D eigenvalue weighted by atomic mass is 10.2. The molecule has 0 aliphatic carbocycles. The van der Waals surface area contributed by atoms with E-state index in [9.17, 15) is 22.4 Å². The Bertz CT molecular complexity index is 643. The molecule has 0 saturated carbocycles. The Morgan fingerprint density at radius 3 is 2.32 bits per heavy atom. The van der Waals surface area contributed by atoms with Gasteiger partial charge in [0.1, 0.15) is 0 Å². The number of carbonyl (C=O) groups is 1. The highest BCUT2D eigenvalue weighted by atomic mass is 19.2. The third-order valence-electron chi connectivity index (χ3n) is 2.37. The highest BCUT2D eigenvalue weighted by Gasteiger charge is 2.15. The van der Waals surface area contributed by atoms with Crippen LogP contribution in [0.2, 0.25) is 0 Å². The zero-order valence-corrected chi connectivity index (χ0v) is 9.38. The van der Waals surface area contributed by atoms with E-state index in [2.05, 4.69) is 5.32 Å². The van der Waals surface area contributed by atoms with Gasteiger partial charge >= 0.3 is 0 Å². The minimum Gasteiger partial charge on any atom is -0.322 e. The molecule has 6 heteroatoms. The van der Waals surface area contributed by atoms with Crippen LogP contribution in [0.4, 0.5) is 23.2 Å². The van der Waals surface area contributed by atoms with Crippen LogP contribution in [0, 0.1) is 23.3 Å². The predicted molar refractivity (Wildman–Crippen MR) is 60.7 cm³/mol. The molecule has 0 bridgehead atoms. The van der Waals surface area contributed by atoms with E-state index in [0.717, 1.165) is 30.3 Å². The molecule has 0 atom stereocenters. The van der Waals surface area contributed by atoms with Gasteiger partial charge in [-0.3, -0.25) is 4.79 Å². The Kier molecular flexibility index (Phi) is 3.50. The molecule has 0 fully saturated rings. The number of carbonyl (C=O) groups excluding carboxylic acids is 1. The number of hydrogen-bond acceptors (Lipinski definition) is 1. The van der Waals surface area contributed by atoms with Gasteiger partial charge in [-0.25, -0.2) is 17.6 Å². The van der Waals surface area contributed by atoms with E-state index in [-0.39, 0.29) is 5.69 Å². The maximum Gasteiger partial charge on any atom is 0.258 e. The van der Waals surface area contributed by atoms with Gasteiger partial charge in [0.25, 0.3) is 5.91 Å². The summed E-state index contributed by atoms with van der Waals surface area (Å²) in [5.41, 5.74) is -0.586. The average Bonchev–Trinajstić information content (AvgIpc) is 2.37. The molecular weight excluding hydrogens is 262 g/mol. The Hall–Kier alpha value is -2.37. The highest BCUT2D eigenvalue weighted by molar-refractivity contribution is 6.04. The third-order valence-corrected chi connectivity index (χ3v) is 2.37. The number of halogens is 4. The number of nitrogens with one attached hydrogen (secondary N) is 1. The topological polar surface area (TPSA) is 29.1 Å². The molecular formula is C13H7F4NO. The second-order valence-electron chi connectivity index (χ2n) is 3.68. The first-order valence-corrected chi connectivity index (χ1v) is 5.19. The van der Waals surface area contributed by atoms with E-state index in [1.165, 1.54) is 6.07 Å². The summed E-state index contributed by atoms with van der Waals surface area (Å²) in [4.78, 5) is 11.6. The van der Waals surface area contributed by atoms with Crippen molar-refractivity contribution in [3.8, 4) is 0 Å². The quantitative estimate of drug-likeness (QED) is 0.831. The summed E-state index contributed by atoms with van der Waals surface area (Å²) < 4.78 is 51.9. The van der Waals surface area contributed by atoms with Crippen LogP contribution >= 0.6 is 0 Å². The first-order valence-electron chi connectivity index (χ1n) is 5.19. The fraction of sp³-hybridized carbons (Fsp3) is 0. The lowest BCUT2D eigenvalue weighted by Crippen LogP contribution is -2.14. The van der Waals surface area contributed by atoms with Crippen molar-refractivity contribution in [3.63, 3.8) is 0 Å². The summed E-state index contributed by atoms with van der Waals surface area (Å²) in [6.45, 7) is 0. The van der Waals surface area contributed by atoms with Crippen molar-refractivity contribution in [1.29, 1.82) is 0 Å². The summed E-state index contributed by atoms with van der Waals surface area (Å²) in [6.07, 6.45) is 0. The lowest BCUT2D eigenvalue weighted by Gasteiger charge is -2.06. The first-order chi connectivity index (χ1) is 8.99. The summed E-state index contributed by atoms with van der Waals surface area (Å²) >= 11 is 0. The van der Waals surface area contributed by atoms with Gasteiger partial charge in [0.2, 0.25) is 0 Å². The molecule has 2 rings (SSSR count). The Morgan fingerprint density at radius 1 is 0.895 bits per heavy atom. The van der Waals surface area contributed by atoms with Crippen molar-refractivity contribution in [1.82, 2.24) is 0 Å². The summed E-state index contributed by atoms with van der Waals surface area (Å²) in [6, 6.07) is 5.76. The second-order valence-corrected chi connectivity index (χ2v) is 3.68. The normalized spacial score (nSPS) is 10.3. The molecule has 0 heterocycles. The Balaban J connectivity index is 2.26. The van der Waals surface area contributed by atoms with Gasteiger partial charge in [0, 0.05) is 11.8 Å². The third kappa shape index (κ3) is 2.73. The summed E-state index contributed by atoms with van der Waals surface area (Å²) in [5.74, 6) is -5.66. The summed E-state index contributed by atoms with van der Waals surface area (Å²) in [7, 11) is 0. The maximum atomic E-state index is 13.3. The zero-order chi connectivity index (χ0) is 14.0. The number of anilines is 1. The van der Waals surface area contributed by atoms with E-state index in [0.29, 0.717) is 0 Å². The van der Waals surface area contributed by atoms with E-state index < -0.39 is 34.7 Å². The van der Waals surface area contributed by atoms with E-state index in [1.807, 2.05) is 0 Å². The SMILES string of the molecule is O=C(Nc1ccc(F)c(F)c1)c1cccc(F)c1F. The summed E-state index contributed by atoms with van der Waals surface area (Å²) in [5, 5.41) is 2.14. The number of rotatable bonds is 2. The van der Waals surface area contributed by atoms with Crippen LogP contribution in [0.25, 0.3) is 0 Å². The lowest BCUT2D eigenvalue weighted by molar-refractivity contribution is 0.102. The molecule has 19 heavy (non-hydrogen) atoms. The molecule has 0 aromatic heterocycles. The first kappa shape index (κ1) is 13.1. The fourth-order valence-corrected chi connectivity index (χ4v) is 1.45. The van der Waals surface area contributed by atoms with E-state index in [4.69, 9.17) is 0 Å². The van der Waals surface area contributed by atoms with Crippen molar-refractivity contribution in [2.75, 3.05) is 5.32 Å². The fourth-order valence-electron chi connectivity index (χ4n) is 1.45. The Labute approximate surface area is 105 Å². The molecule has 0 aliphatic rings. The molecule has 2 aromatic carbocycles. The largest absolute Gasteiger partial charge is 0.322 e. The van der Waals surface area contributed by atoms with E-state index >= 15 is 0 Å². The monoisotopic (exact) mass is 269 g/mol. The average molecular weight is 269 g/mol. The number of amides is 1. The molecule has 0 unspecified atom stereocenters. The van der Waals surface area contributed by atoms with Crippen molar-refractivity contribution >= 4 is 11.6 Å². The van der Waals surface area contributed by atoms with Gasteiger partial charge in [0.05, 0.1) is 5.56 Å². The van der Waals surface area contributed by atoms with Crippen molar-refractivity contribution in [2.45, 2.75) is 0 Å². The van der Waals surface area contributed by atoms with Crippen LogP contribution in [-0.4, -0.2) is 5.91 Å². The van der Waals surface area contributed by atoms with Crippen LogP contribution in [0.5, 0.6) is 0 Å². The highest BCUT2D eigenvalue weighted by Crippen LogP contribution is 2.16. The molecule has 2 nitrogen and oxygen atoms in total. The molecule has 0 aliphatic heterocycles. The maximum absolute atomic E-state index is 13.3.